The van der Waals surface area contributed by atoms with Crippen molar-refractivity contribution >= 4 is 11.9 Å². The number of allylic oxidation sites excluding steroid dienone is 6. The molecule has 3 atom stereocenters. The van der Waals surface area contributed by atoms with Gasteiger partial charge < -0.3 is 20.3 Å². The molecule has 0 aromatic rings. The topological polar surface area (TPSA) is 95.9 Å². The molecule has 358 valence electrons. The molecule has 0 fully saturated rings. The molecule has 0 heterocycles. The van der Waals surface area contributed by atoms with E-state index in [0.717, 1.165) is 64.2 Å². The molecule has 0 aliphatic carbocycles. The molecule has 0 aromatic carbocycles. The summed E-state index contributed by atoms with van der Waals surface area (Å²) in [6.07, 6.45) is 57.7. The summed E-state index contributed by atoms with van der Waals surface area (Å²) in [7, 11) is 0. The fourth-order valence-corrected chi connectivity index (χ4v) is 8.12. The average molecular weight is 858 g/mol. The molecule has 0 spiro atoms. The van der Waals surface area contributed by atoms with Crippen molar-refractivity contribution in [1.29, 1.82) is 0 Å². The van der Waals surface area contributed by atoms with Crippen LogP contribution in [0.1, 0.15) is 278 Å². The number of aliphatic hydroxyl groups excluding tert-OH is 2. The van der Waals surface area contributed by atoms with Crippen molar-refractivity contribution < 1.29 is 24.5 Å². The number of ether oxygens (including phenoxy) is 1. The van der Waals surface area contributed by atoms with Gasteiger partial charge in [-0.1, -0.05) is 224 Å². The molecule has 3 N–H and O–H groups in total. The summed E-state index contributed by atoms with van der Waals surface area (Å²) >= 11 is 0. The first kappa shape index (κ1) is 59.1. The van der Waals surface area contributed by atoms with Crippen LogP contribution in [0.15, 0.2) is 36.5 Å². The summed E-state index contributed by atoms with van der Waals surface area (Å²) in [6.45, 7) is 6.45. The summed E-state index contributed by atoms with van der Waals surface area (Å²) in [5.74, 6) is -0.486. The molecule has 0 aromatic heterocycles. The SMILES string of the molecule is CCCCC/C=C/C=C/CCCCCCCCC(=O)OC(CCCCCCC/C=C\CCCCCC)CC(=O)NC(CO)C(O)CCCCCCCCCCCCCCCC. The van der Waals surface area contributed by atoms with Crippen molar-refractivity contribution in [3.05, 3.63) is 36.5 Å². The van der Waals surface area contributed by atoms with Gasteiger partial charge in [0.1, 0.15) is 6.10 Å². The van der Waals surface area contributed by atoms with E-state index in [1.807, 2.05) is 0 Å². The Labute approximate surface area is 379 Å². The molecular formula is C55H103NO5. The molecule has 0 saturated carbocycles. The van der Waals surface area contributed by atoms with Crippen molar-refractivity contribution in [2.75, 3.05) is 6.61 Å². The highest BCUT2D eigenvalue weighted by molar-refractivity contribution is 5.77. The number of nitrogens with one attached hydrogen (secondary N) is 1. The largest absolute Gasteiger partial charge is 0.462 e. The van der Waals surface area contributed by atoms with Gasteiger partial charge in [0.2, 0.25) is 5.91 Å². The van der Waals surface area contributed by atoms with Crippen LogP contribution in [0.5, 0.6) is 0 Å². The quantitative estimate of drug-likeness (QED) is 0.0245. The van der Waals surface area contributed by atoms with Gasteiger partial charge in [0.05, 0.1) is 25.2 Å². The number of unbranched alkanes of at least 4 members (excludes halogenated alkanes) is 31. The number of hydrogen-bond acceptors (Lipinski definition) is 5. The standard InChI is InChI=1S/C55H103NO5/c1-4-7-10-13-16-19-22-25-27-30-33-36-39-42-45-48-55(60)61-51(46-43-40-37-34-31-28-24-21-18-15-12-9-6-3)49-54(59)56-52(50-57)53(58)47-44-41-38-35-32-29-26-23-20-17-14-11-8-5-2/h16,19,21-22,24-25,51-53,57-58H,4-15,17-18,20,23,26-50H2,1-3H3,(H,56,59)/b19-16+,24-21-,25-22+. The van der Waals surface area contributed by atoms with Crippen LogP contribution in [-0.4, -0.2) is 46.9 Å². The van der Waals surface area contributed by atoms with Gasteiger partial charge in [0.25, 0.3) is 0 Å². The number of carbonyl (C=O) groups is 2. The third kappa shape index (κ3) is 44.5. The van der Waals surface area contributed by atoms with Crippen LogP contribution in [0.2, 0.25) is 0 Å². The Balaban J connectivity index is 4.57. The van der Waals surface area contributed by atoms with E-state index < -0.39 is 18.2 Å². The Morgan fingerprint density at radius 1 is 0.475 bits per heavy atom. The Hall–Kier alpha value is -1.92. The lowest BCUT2D eigenvalue weighted by atomic mass is 10.0. The van der Waals surface area contributed by atoms with Crippen LogP contribution >= 0.6 is 0 Å². The zero-order valence-corrected chi connectivity index (χ0v) is 40.8. The smallest absolute Gasteiger partial charge is 0.306 e. The molecule has 0 saturated heterocycles. The molecule has 6 nitrogen and oxygen atoms in total. The van der Waals surface area contributed by atoms with Gasteiger partial charge in [-0.2, -0.15) is 0 Å². The number of esters is 1. The minimum Gasteiger partial charge on any atom is -0.462 e. The van der Waals surface area contributed by atoms with Crippen molar-refractivity contribution in [1.82, 2.24) is 5.32 Å². The highest BCUT2D eigenvalue weighted by atomic mass is 16.5. The first-order valence-corrected chi connectivity index (χ1v) is 26.7. The van der Waals surface area contributed by atoms with Crippen LogP contribution in [0.3, 0.4) is 0 Å². The maximum absolute atomic E-state index is 13.2. The Morgan fingerprint density at radius 3 is 1.31 bits per heavy atom. The number of rotatable bonds is 48. The number of aliphatic hydroxyl groups is 2. The Bertz CT molecular complexity index is 1010. The highest BCUT2D eigenvalue weighted by Crippen LogP contribution is 2.18. The number of hydrogen-bond donors (Lipinski definition) is 3. The van der Waals surface area contributed by atoms with Crippen molar-refractivity contribution in [2.45, 2.75) is 296 Å². The van der Waals surface area contributed by atoms with Gasteiger partial charge in [0, 0.05) is 6.42 Å². The van der Waals surface area contributed by atoms with E-state index in [2.05, 4.69) is 62.5 Å². The van der Waals surface area contributed by atoms with E-state index in [9.17, 15) is 19.8 Å². The van der Waals surface area contributed by atoms with Gasteiger partial charge in [0.15, 0.2) is 0 Å². The lowest BCUT2D eigenvalue weighted by Crippen LogP contribution is -2.46. The number of amides is 1. The summed E-state index contributed by atoms with van der Waals surface area (Å²) in [4.78, 5) is 26.2. The first-order chi connectivity index (χ1) is 30.0. The van der Waals surface area contributed by atoms with Gasteiger partial charge in [-0.15, -0.1) is 0 Å². The second kappa shape index (κ2) is 49.1. The minimum atomic E-state index is -0.790. The zero-order valence-electron chi connectivity index (χ0n) is 40.8. The summed E-state index contributed by atoms with van der Waals surface area (Å²) in [5.41, 5.74) is 0. The first-order valence-electron chi connectivity index (χ1n) is 26.7. The zero-order chi connectivity index (χ0) is 44.5. The summed E-state index contributed by atoms with van der Waals surface area (Å²) < 4.78 is 5.93. The molecule has 6 heteroatoms. The molecule has 0 aliphatic rings. The second-order valence-corrected chi connectivity index (χ2v) is 18.3. The van der Waals surface area contributed by atoms with Crippen LogP contribution in [-0.2, 0) is 14.3 Å². The third-order valence-corrected chi connectivity index (χ3v) is 12.2. The van der Waals surface area contributed by atoms with E-state index in [0.29, 0.717) is 19.3 Å². The van der Waals surface area contributed by atoms with E-state index >= 15 is 0 Å². The number of carbonyl (C=O) groups excluding carboxylic acids is 2. The van der Waals surface area contributed by atoms with Gasteiger partial charge in [-0.25, -0.2) is 0 Å². The highest BCUT2D eigenvalue weighted by Gasteiger charge is 2.24. The fourth-order valence-electron chi connectivity index (χ4n) is 8.12. The molecule has 1 amide bonds. The van der Waals surface area contributed by atoms with E-state index in [1.54, 1.807) is 0 Å². The van der Waals surface area contributed by atoms with Gasteiger partial charge >= 0.3 is 5.97 Å². The average Bonchev–Trinajstić information content (AvgIpc) is 3.25. The summed E-state index contributed by atoms with van der Waals surface area (Å²) in [6, 6.07) is -0.704. The van der Waals surface area contributed by atoms with Crippen LogP contribution < -0.4 is 5.32 Å². The molecular weight excluding hydrogens is 755 g/mol. The maximum Gasteiger partial charge on any atom is 0.306 e. The molecule has 61 heavy (non-hydrogen) atoms. The maximum atomic E-state index is 13.2. The van der Waals surface area contributed by atoms with Crippen molar-refractivity contribution in [2.24, 2.45) is 0 Å². The van der Waals surface area contributed by atoms with Crippen molar-refractivity contribution in [3.8, 4) is 0 Å². The van der Waals surface area contributed by atoms with Gasteiger partial charge in [-0.3, -0.25) is 9.59 Å². The van der Waals surface area contributed by atoms with Crippen LogP contribution in [0, 0.1) is 0 Å². The van der Waals surface area contributed by atoms with Crippen molar-refractivity contribution in [3.63, 3.8) is 0 Å². The lowest BCUT2D eigenvalue weighted by molar-refractivity contribution is -0.151. The van der Waals surface area contributed by atoms with E-state index in [1.165, 1.54) is 167 Å². The molecule has 0 radical (unpaired) electrons. The van der Waals surface area contributed by atoms with Gasteiger partial charge in [-0.05, 0) is 77.0 Å². The predicted molar refractivity (Wildman–Crippen MR) is 264 cm³/mol. The van der Waals surface area contributed by atoms with Crippen LogP contribution in [0.25, 0.3) is 0 Å². The second-order valence-electron chi connectivity index (χ2n) is 18.3. The van der Waals surface area contributed by atoms with E-state index in [4.69, 9.17) is 4.74 Å². The Morgan fingerprint density at radius 2 is 0.836 bits per heavy atom. The summed E-state index contributed by atoms with van der Waals surface area (Å²) in [5, 5.41) is 23.8. The molecule has 3 unspecified atom stereocenters. The molecule has 0 aliphatic heterocycles. The Kier molecular flexibility index (Phi) is 47.6. The normalized spacial score (nSPS) is 13.5. The molecule has 0 bridgehead atoms. The van der Waals surface area contributed by atoms with E-state index in [-0.39, 0.29) is 24.9 Å². The minimum absolute atomic E-state index is 0.0694. The van der Waals surface area contributed by atoms with Crippen LogP contribution in [0.4, 0.5) is 0 Å². The third-order valence-electron chi connectivity index (χ3n) is 12.2. The fraction of sp³-hybridized carbons (Fsp3) is 0.855. The molecule has 0 rings (SSSR count). The monoisotopic (exact) mass is 858 g/mol. The lowest BCUT2D eigenvalue weighted by Gasteiger charge is -2.24. The predicted octanol–water partition coefficient (Wildman–Crippen LogP) is 16.1.